The molecule has 0 aromatic heterocycles. The van der Waals surface area contributed by atoms with Gasteiger partial charge in [0.2, 0.25) is 5.91 Å². The van der Waals surface area contributed by atoms with E-state index in [2.05, 4.69) is 29.4 Å². The molecule has 0 radical (unpaired) electrons. The Morgan fingerprint density at radius 2 is 2.25 bits per heavy atom. The molecule has 0 bridgehead atoms. The number of hydrogen-bond acceptors (Lipinski definition) is 3. The van der Waals surface area contributed by atoms with Gasteiger partial charge in [-0.15, -0.1) is 0 Å². The van der Waals surface area contributed by atoms with Gasteiger partial charge in [0.05, 0.1) is 6.54 Å². The van der Waals surface area contributed by atoms with Crippen LogP contribution in [0.25, 0.3) is 0 Å². The van der Waals surface area contributed by atoms with Crippen molar-refractivity contribution < 1.29 is 4.79 Å². The number of nitrogens with zero attached hydrogens (tertiary/aromatic N) is 1. The zero-order chi connectivity index (χ0) is 11.6. The van der Waals surface area contributed by atoms with Gasteiger partial charge in [0.1, 0.15) is 0 Å². The SMILES string of the molecule is CC1(C)CNCCN1CC(=O)NCC1CC1. The smallest absolute Gasteiger partial charge is 0.234 e. The molecule has 2 fully saturated rings. The number of rotatable bonds is 4. The molecule has 1 aliphatic heterocycles. The average molecular weight is 225 g/mol. The first kappa shape index (κ1) is 11.9. The first-order valence-electron chi connectivity index (χ1n) is 6.30. The normalized spacial score (nSPS) is 25.4. The van der Waals surface area contributed by atoms with E-state index in [0.717, 1.165) is 32.1 Å². The van der Waals surface area contributed by atoms with Crippen molar-refractivity contribution in [3.63, 3.8) is 0 Å². The van der Waals surface area contributed by atoms with Crippen molar-refractivity contribution >= 4 is 5.91 Å². The molecule has 0 aromatic carbocycles. The standard InChI is InChI=1S/C12H23N3O/c1-12(2)9-13-5-6-15(12)8-11(16)14-7-10-3-4-10/h10,13H,3-9H2,1-2H3,(H,14,16). The molecule has 1 aliphatic carbocycles. The van der Waals surface area contributed by atoms with Gasteiger partial charge in [-0.05, 0) is 32.6 Å². The fourth-order valence-electron chi connectivity index (χ4n) is 2.13. The van der Waals surface area contributed by atoms with Gasteiger partial charge in [-0.3, -0.25) is 9.69 Å². The van der Waals surface area contributed by atoms with Crippen LogP contribution in [0.1, 0.15) is 26.7 Å². The highest BCUT2D eigenvalue weighted by molar-refractivity contribution is 5.78. The molecule has 0 aromatic rings. The van der Waals surface area contributed by atoms with Crippen molar-refractivity contribution in [3.05, 3.63) is 0 Å². The third-order valence-corrected chi connectivity index (χ3v) is 3.59. The Kier molecular flexibility index (Phi) is 3.50. The minimum absolute atomic E-state index is 0.0924. The van der Waals surface area contributed by atoms with Crippen LogP contribution in [0, 0.1) is 5.92 Å². The number of amides is 1. The molecule has 0 unspecified atom stereocenters. The Labute approximate surface area is 97.8 Å². The third kappa shape index (κ3) is 3.19. The van der Waals surface area contributed by atoms with Crippen LogP contribution in [0.15, 0.2) is 0 Å². The van der Waals surface area contributed by atoms with E-state index in [1.165, 1.54) is 12.8 Å². The molecular formula is C12H23N3O. The topological polar surface area (TPSA) is 44.4 Å². The van der Waals surface area contributed by atoms with Crippen molar-refractivity contribution in [2.75, 3.05) is 32.7 Å². The van der Waals surface area contributed by atoms with Gasteiger partial charge in [0.25, 0.3) is 0 Å². The van der Waals surface area contributed by atoms with Crippen LogP contribution in [-0.4, -0.2) is 49.1 Å². The lowest BCUT2D eigenvalue weighted by Crippen LogP contribution is -2.59. The van der Waals surface area contributed by atoms with Gasteiger partial charge in [-0.1, -0.05) is 0 Å². The summed E-state index contributed by atoms with van der Waals surface area (Å²) in [5, 5.41) is 6.39. The summed E-state index contributed by atoms with van der Waals surface area (Å²) in [6, 6.07) is 0. The molecule has 4 nitrogen and oxygen atoms in total. The van der Waals surface area contributed by atoms with E-state index < -0.39 is 0 Å². The van der Waals surface area contributed by atoms with Crippen molar-refractivity contribution in [2.24, 2.45) is 5.92 Å². The van der Waals surface area contributed by atoms with Gasteiger partial charge >= 0.3 is 0 Å². The summed E-state index contributed by atoms with van der Waals surface area (Å²) in [6.07, 6.45) is 2.58. The number of piperazine rings is 1. The van der Waals surface area contributed by atoms with Gasteiger partial charge in [-0.25, -0.2) is 0 Å². The van der Waals surface area contributed by atoms with E-state index in [4.69, 9.17) is 0 Å². The van der Waals surface area contributed by atoms with Crippen molar-refractivity contribution in [2.45, 2.75) is 32.2 Å². The molecule has 1 saturated carbocycles. The fourth-order valence-corrected chi connectivity index (χ4v) is 2.13. The molecule has 2 aliphatic rings. The fraction of sp³-hybridized carbons (Fsp3) is 0.917. The predicted octanol–water partition coefficient (Wildman–Crippen LogP) is 0.196. The summed E-state index contributed by atoms with van der Waals surface area (Å²) < 4.78 is 0. The van der Waals surface area contributed by atoms with E-state index in [-0.39, 0.29) is 11.4 Å². The maximum atomic E-state index is 11.8. The summed E-state index contributed by atoms with van der Waals surface area (Å²) in [5.74, 6) is 0.946. The average Bonchev–Trinajstić information content (AvgIpc) is 3.02. The monoisotopic (exact) mass is 225 g/mol. The van der Waals surface area contributed by atoms with Gasteiger partial charge in [0, 0.05) is 31.7 Å². The molecule has 2 rings (SSSR count). The van der Waals surface area contributed by atoms with Crippen LogP contribution in [0.3, 0.4) is 0 Å². The van der Waals surface area contributed by atoms with E-state index in [0.29, 0.717) is 6.54 Å². The van der Waals surface area contributed by atoms with E-state index in [1.54, 1.807) is 0 Å². The summed E-state index contributed by atoms with van der Waals surface area (Å²) in [6.45, 7) is 8.71. The predicted molar refractivity (Wildman–Crippen MR) is 64.3 cm³/mol. The maximum absolute atomic E-state index is 11.8. The molecule has 1 heterocycles. The minimum Gasteiger partial charge on any atom is -0.355 e. The largest absolute Gasteiger partial charge is 0.355 e. The van der Waals surface area contributed by atoms with Gasteiger partial charge in [0.15, 0.2) is 0 Å². The highest BCUT2D eigenvalue weighted by atomic mass is 16.2. The van der Waals surface area contributed by atoms with Crippen molar-refractivity contribution in [1.29, 1.82) is 0 Å². The Morgan fingerprint density at radius 3 is 2.88 bits per heavy atom. The number of hydrogen-bond donors (Lipinski definition) is 2. The molecule has 4 heteroatoms. The summed E-state index contributed by atoms with van der Waals surface area (Å²) in [5.41, 5.74) is 0.0924. The van der Waals surface area contributed by atoms with Crippen LogP contribution in [-0.2, 0) is 4.79 Å². The lowest BCUT2D eigenvalue weighted by Gasteiger charge is -2.42. The molecule has 92 valence electrons. The van der Waals surface area contributed by atoms with Crippen LogP contribution in [0.5, 0.6) is 0 Å². The second-order valence-electron chi connectivity index (χ2n) is 5.66. The van der Waals surface area contributed by atoms with E-state index >= 15 is 0 Å². The molecule has 2 N–H and O–H groups in total. The molecule has 1 amide bonds. The highest BCUT2D eigenvalue weighted by Crippen LogP contribution is 2.27. The molecule has 0 spiro atoms. The number of nitrogens with one attached hydrogen (secondary N) is 2. The van der Waals surface area contributed by atoms with Crippen LogP contribution < -0.4 is 10.6 Å². The third-order valence-electron chi connectivity index (χ3n) is 3.59. The minimum atomic E-state index is 0.0924. The Morgan fingerprint density at radius 1 is 1.50 bits per heavy atom. The quantitative estimate of drug-likeness (QED) is 0.718. The zero-order valence-corrected chi connectivity index (χ0v) is 10.4. The molecule has 1 saturated heterocycles. The summed E-state index contributed by atoms with van der Waals surface area (Å²) in [4.78, 5) is 14.0. The summed E-state index contributed by atoms with van der Waals surface area (Å²) in [7, 11) is 0. The second-order valence-corrected chi connectivity index (χ2v) is 5.66. The number of carbonyl (C=O) groups excluding carboxylic acids is 1. The molecule has 16 heavy (non-hydrogen) atoms. The van der Waals surface area contributed by atoms with Crippen LogP contribution in [0.4, 0.5) is 0 Å². The van der Waals surface area contributed by atoms with Crippen LogP contribution >= 0.6 is 0 Å². The van der Waals surface area contributed by atoms with E-state index in [1.807, 2.05) is 0 Å². The maximum Gasteiger partial charge on any atom is 0.234 e. The first-order chi connectivity index (χ1) is 7.58. The lowest BCUT2D eigenvalue weighted by molar-refractivity contribution is -0.124. The highest BCUT2D eigenvalue weighted by Gasteiger charge is 2.31. The van der Waals surface area contributed by atoms with Gasteiger partial charge < -0.3 is 10.6 Å². The number of carbonyl (C=O) groups is 1. The zero-order valence-electron chi connectivity index (χ0n) is 10.4. The Bertz CT molecular complexity index is 261. The van der Waals surface area contributed by atoms with Crippen molar-refractivity contribution in [3.8, 4) is 0 Å². The molecular weight excluding hydrogens is 202 g/mol. The van der Waals surface area contributed by atoms with Gasteiger partial charge in [-0.2, -0.15) is 0 Å². The molecule has 0 atom stereocenters. The lowest BCUT2D eigenvalue weighted by atomic mass is 10.0. The van der Waals surface area contributed by atoms with E-state index in [9.17, 15) is 4.79 Å². The van der Waals surface area contributed by atoms with Crippen molar-refractivity contribution in [1.82, 2.24) is 15.5 Å². The Hall–Kier alpha value is -0.610. The summed E-state index contributed by atoms with van der Waals surface area (Å²) >= 11 is 0. The second kappa shape index (κ2) is 4.72. The van der Waals surface area contributed by atoms with Crippen LogP contribution in [0.2, 0.25) is 0 Å². The Balaban J connectivity index is 1.75. The first-order valence-corrected chi connectivity index (χ1v) is 6.30.